The quantitative estimate of drug-likeness (QED) is 0.604. The highest BCUT2D eigenvalue weighted by molar-refractivity contribution is 5.79. The number of rotatable bonds is 6. The summed E-state index contributed by atoms with van der Waals surface area (Å²) in [5, 5.41) is 0. The van der Waals surface area contributed by atoms with Gasteiger partial charge in [-0.25, -0.2) is 0 Å². The number of carbonyl (C=O) groups is 1. The van der Waals surface area contributed by atoms with Crippen LogP contribution >= 0.6 is 0 Å². The van der Waals surface area contributed by atoms with Crippen molar-refractivity contribution in [3.05, 3.63) is 0 Å². The zero-order valence-corrected chi connectivity index (χ0v) is 12.7. The first kappa shape index (κ1) is 18.2. The van der Waals surface area contributed by atoms with Gasteiger partial charge in [0.25, 0.3) is 0 Å². The van der Waals surface area contributed by atoms with Crippen LogP contribution in [0.1, 0.15) is 39.0 Å². The number of hydrogen-bond acceptors (Lipinski definition) is 4. The SMILES string of the molecule is COC(=O)C(C)(N)CCCCN1CCC(C(F)(F)F)CC1. The van der Waals surface area contributed by atoms with E-state index in [0.717, 1.165) is 19.4 Å². The van der Waals surface area contributed by atoms with Gasteiger partial charge in [0.15, 0.2) is 0 Å². The summed E-state index contributed by atoms with van der Waals surface area (Å²) in [6, 6.07) is 0. The number of halogens is 3. The Morgan fingerprint density at radius 3 is 2.33 bits per heavy atom. The Balaban J connectivity index is 2.19. The fraction of sp³-hybridized carbons (Fsp3) is 0.929. The van der Waals surface area contributed by atoms with E-state index in [1.165, 1.54) is 7.11 Å². The number of carbonyl (C=O) groups excluding carboxylic acids is 1. The highest BCUT2D eigenvalue weighted by Gasteiger charge is 2.40. The summed E-state index contributed by atoms with van der Waals surface area (Å²) in [6.07, 6.45) is -1.62. The first-order chi connectivity index (χ1) is 9.66. The molecule has 1 saturated heterocycles. The second-order valence-corrected chi connectivity index (χ2v) is 6.02. The number of unbranched alkanes of at least 4 members (excludes halogenated alkanes) is 1. The topological polar surface area (TPSA) is 55.6 Å². The number of ether oxygens (including phenoxy) is 1. The third-order valence-corrected chi connectivity index (χ3v) is 4.12. The van der Waals surface area contributed by atoms with E-state index in [1.807, 2.05) is 4.90 Å². The molecule has 4 nitrogen and oxygen atoms in total. The molecule has 0 aromatic heterocycles. The lowest BCUT2D eigenvalue weighted by Crippen LogP contribution is -2.45. The van der Waals surface area contributed by atoms with E-state index in [1.54, 1.807) is 6.92 Å². The van der Waals surface area contributed by atoms with Gasteiger partial charge in [-0.15, -0.1) is 0 Å². The minimum Gasteiger partial charge on any atom is -0.468 e. The van der Waals surface area contributed by atoms with E-state index in [0.29, 0.717) is 19.5 Å². The number of nitrogens with zero attached hydrogens (tertiary/aromatic N) is 1. The van der Waals surface area contributed by atoms with Crippen LogP contribution in [0.2, 0.25) is 0 Å². The molecule has 1 fully saturated rings. The monoisotopic (exact) mass is 310 g/mol. The Morgan fingerprint density at radius 1 is 1.29 bits per heavy atom. The van der Waals surface area contributed by atoms with Crippen molar-refractivity contribution in [2.24, 2.45) is 11.7 Å². The van der Waals surface area contributed by atoms with Gasteiger partial charge in [-0.2, -0.15) is 13.2 Å². The van der Waals surface area contributed by atoms with Crippen LogP contribution in [0.15, 0.2) is 0 Å². The van der Waals surface area contributed by atoms with E-state index in [-0.39, 0.29) is 12.8 Å². The summed E-state index contributed by atoms with van der Waals surface area (Å²) in [5.74, 6) is -1.59. The third-order valence-electron chi connectivity index (χ3n) is 4.12. The molecular weight excluding hydrogens is 285 g/mol. The molecule has 0 spiro atoms. The summed E-state index contributed by atoms with van der Waals surface area (Å²) in [5.41, 5.74) is 4.85. The molecule has 124 valence electrons. The Labute approximate surface area is 123 Å². The number of likely N-dealkylation sites (tertiary alicyclic amines) is 1. The van der Waals surface area contributed by atoms with Gasteiger partial charge >= 0.3 is 12.1 Å². The molecule has 2 N–H and O–H groups in total. The minimum absolute atomic E-state index is 0.181. The smallest absolute Gasteiger partial charge is 0.391 e. The maximum Gasteiger partial charge on any atom is 0.391 e. The molecule has 1 aliphatic heterocycles. The minimum atomic E-state index is -4.06. The van der Waals surface area contributed by atoms with Gasteiger partial charge < -0.3 is 15.4 Å². The molecule has 0 aromatic carbocycles. The average molecular weight is 310 g/mol. The van der Waals surface area contributed by atoms with E-state index in [2.05, 4.69) is 4.74 Å². The van der Waals surface area contributed by atoms with Crippen molar-refractivity contribution in [3.8, 4) is 0 Å². The maximum absolute atomic E-state index is 12.5. The molecule has 0 aliphatic carbocycles. The lowest BCUT2D eigenvalue weighted by molar-refractivity contribution is -0.185. The van der Waals surface area contributed by atoms with Gasteiger partial charge in [-0.1, -0.05) is 0 Å². The zero-order chi connectivity index (χ0) is 16.1. The molecule has 0 amide bonds. The summed E-state index contributed by atoms with van der Waals surface area (Å²) in [4.78, 5) is 13.4. The molecule has 0 bridgehead atoms. The van der Waals surface area contributed by atoms with Gasteiger partial charge in [-0.3, -0.25) is 4.79 Å². The molecule has 1 unspecified atom stereocenters. The fourth-order valence-electron chi connectivity index (χ4n) is 2.65. The number of hydrogen-bond donors (Lipinski definition) is 1. The molecule has 0 saturated carbocycles. The van der Waals surface area contributed by atoms with Gasteiger partial charge in [0, 0.05) is 0 Å². The molecule has 1 heterocycles. The molecule has 1 rings (SSSR count). The van der Waals surface area contributed by atoms with Crippen molar-refractivity contribution >= 4 is 5.97 Å². The van der Waals surface area contributed by atoms with Crippen LogP contribution in [0.4, 0.5) is 13.2 Å². The van der Waals surface area contributed by atoms with Gasteiger partial charge in [0.2, 0.25) is 0 Å². The van der Waals surface area contributed by atoms with Crippen LogP contribution in [0.3, 0.4) is 0 Å². The Bertz CT molecular complexity index is 338. The number of piperidine rings is 1. The molecule has 1 aliphatic rings. The second-order valence-electron chi connectivity index (χ2n) is 6.02. The lowest BCUT2D eigenvalue weighted by atomic mass is 9.94. The van der Waals surface area contributed by atoms with Crippen molar-refractivity contribution in [1.82, 2.24) is 4.90 Å². The molecule has 1 atom stereocenters. The summed E-state index contributed by atoms with van der Waals surface area (Å²) >= 11 is 0. The maximum atomic E-state index is 12.5. The van der Waals surface area contributed by atoms with Crippen molar-refractivity contribution in [3.63, 3.8) is 0 Å². The predicted molar refractivity (Wildman–Crippen MR) is 73.7 cm³/mol. The third kappa shape index (κ3) is 5.82. The van der Waals surface area contributed by atoms with Crippen molar-refractivity contribution < 1.29 is 22.7 Å². The van der Waals surface area contributed by atoms with Crippen molar-refractivity contribution in [2.75, 3.05) is 26.7 Å². The van der Waals surface area contributed by atoms with Crippen LogP contribution in [0.5, 0.6) is 0 Å². The largest absolute Gasteiger partial charge is 0.468 e. The number of esters is 1. The van der Waals surface area contributed by atoms with Crippen molar-refractivity contribution in [2.45, 2.75) is 50.7 Å². The fourth-order valence-corrected chi connectivity index (χ4v) is 2.65. The van der Waals surface area contributed by atoms with Crippen LogP contribution in [-0.2, 0) is 9.53 Å². The Kier molecular flexibility index (Phi) is 6.46. The molecular formula is C14H25F3N2O2. The predicted octanol–water partition coefficient (Wildman–Crippen LogP) is 2.32. The number of methoxy groups -OCH3 is 1. The van der Waals surface area contributed by atoms with Crippen LogP contribution in [-0.4, -0.2) is 49.3 Å². The van der Waals surface area contributed by atoms with E-state index in [9.17, 15) is 18.0 Å². The van der Waals surface area contributed by atoms with Crippen LogP contribution in [0, 0.1) is 5.92 Å². The molecule has 0 radical (unpaired) electrons. The van der Waals surface area contributed by atoms with E-state index in [4.69, 9.17) is 5.73 Å². The average Bonchev–Trinajstić information content (AvgIpc) is 2.42. The van der Waals surface area contributed by atoms with Crippen LogP contribution in [0.25, 0.3) is 0 Å². The normalized spacial score (nSPS) is 21.0. The summed E-state index contributed by atoms with van der Waals surface area (Å²) < 4.78 is 42.2. The van der Waals surface area contributed by atoms with E-state index < -0.39 is 23.6 Å². The molecule has 7 heteroatoms. The Morgan fingerprint density at radius 2 is 1.86 bits per heavy atom. The second kappa shape index (κ2) is 7.45. The van der Waals surface area contributed by atoms with Crippen molar-refractivity contribution in [1.29, 1.82) is 0 Å². The number of alkyl halides is 3. The van der Waals surface area contributed by atoms with Gasteiger partial charge in [-0.05, 0) is 58.7 Å². The van der Waals surface area contributed by atoms with Gasteiger partial charge in [0.05, 0.1) is 13.0 Å². The standard InChI is InChI=1S/C14H25F3N2O2/c1-13(18,12(20)21-2)7-3-4-8-19-9-5-11(6-10-19)14(15,16)17/h11H,3-10,18H2,1-2H3. The highest BCUT2D eigenvalue weighted by Crippen LogP contribution is 2.34. The first-order valence-electron chi connectivity index (χ1n) is 7.33. The lowest BCUT2D eigenvalue weighted by Gasteiger charge is -2.33. The summed E-state index contributed by atoms with van der Waals surface area (Å²) in [6.45, 7) is 3.36. The van der Waals surface area contributed by atoms with E-state index >= 15 is 0 Å². The zero-order valence-electron chi connectivity index (χ0n) is 12.7. The number of nitrogens with two attached hydrogens (primary N) is 1. The van der Waals surface area contributed by atoms with Gasteiger partial charge in [0.1, 0.15) is 5.54 Å². The molecule has 21 heavy (non-hydrogen) atoms. The Hall–Kier alpha value is -0.820. The first-order valence-corrected chi connectivity index (χ1v) is 7.33. The molecule has 0 aromatic rings. The summed E-state index contributed by atoms with van der Waals surface area (Å²) in [7, 11) is 1.30. The van der Waals surface area contributed by atoms with Crippen LogP contribution < -0.4 is 5.73 Å². The highest BCUT2D eigenvalue weighted by atomic mass is 19.4.